The molecule has 0 fully saturated rings. The van der Waals surface area contributed by atoms with Crippen LogP contribution >= 0.6 is 0 Å². The Hall–Kier alpha value is -5.80. The third-order valence-corrected chi connectivity index (χ3v) is 6.33. The lowest BCUT2D eigenvalue weighted by molar-refractivity contribution is -0.275. The molecule has 16 heteroatoms. The van der Waals surface area contributed by atoms with Gasteiger partial charge in [0.05, 0.1) is 11.1 Å². The van der Waals surface area contributed by atoms with Gasteiger partial charge in [0, 0.05) is 35.0 Å². The molecule has 0 aromatic heterocycles. The van der Waals surface area contributed by atoms with Gasteiger partial charge in [0.2, 0.25) is 0 Å². The number of rotatable bonds is 10. The maximum Gasteiger partial charge on any atom is 0.573 e. The molecule has 0 radical (unpaired) electrons. The molecule has 0 saturated heterocycles. The highest BCUT2D eigenvalue weighted by atomic mass is 19.4. The number of fused-ring (bicyclic) bond motifs is 1. The molecule has 0 aliphatic heterocycles. The monoisotopic (exact) mass is 650 g/mol. The Labute approximate surface area is 254 Å². The summed E-state index contributed by atoms with van der Waals surface area (Å²) in [6, 6.07) is 13.2. The molecule has 0 unspecified atom stereocenters. The van der Waals surface area contributed by atoms with Crippen LogP contribution in [0.4, 0.5) is 26.3 Å². The lowest BCUT2D eigenvalue weighted by Crippen LogP contribution is -2.26. The summed E-state index contributed by atoms with van der Waals surface area (Å²) in [6.45, 7) is -0.467. The predicted molar refractivity (Wildman–Crippen MR) is 146 cm³/mol. The van der Waals surface area contributed by atoms with Gasteiger partial charge in [-0.05, 0) is 59.7 Å². The Balaban J connectivity index is 1.64. The first-order valence-corrected chi connectivity index (χ1v) is 12.8. The number of carbonyl (C=O) groups is 4. The quantitative estimate of drug-likeness (QED) is 0.155. The summed E-state index contributed by atoms with van der Waals surface area (Å²) in [4.78, 5) is 50.8. The first kappa shape index (κ1) is 33.1. The van der Waals surface area contributed by atoms with Gasteiger partial charge in [0.15, 0.2) is 0 Å². The second-order valence-electron chi connectivity index (χ2n) is 9.43. The van der Waals surface area contributed by atoms with E-state index in [-0.39, 0.29) is 35.0 Å². The summed E-state index contributed by atoms with van der Waals surface area (Å²) >= 11 is 0. The molecule has 4 aromatic rings. The normalized spacial score (nSPS) is 11.5. The van der Waals surface area contributed by atoms with Gasteiger partial charge in [-0.25, -0.2) is 9.59 Å². The van der Waals surface area contributed by atoms with Crippen molar-refractivity contribution >= 4 is 34.5 Å². The maximum absolute atomic E-state index is 13.2. The minimum atomic E-state index is -4.91. The van der Waals surface area contributed by atoms with Crippen molar-refractivity contribution in [2.75, 3.05) is 0 Å². The summed E-state index contributed by atoms with van der Waals surface area (Å²) < 4.78 is 82.1. The number of hydrogen-bond acceptors (Lipinski definition) is 6. The van der Waals surface area contributed by atoms with E-state index >= 15 is 0 Å². The molecule has 0 spiro atoms. The van der Waals surface area contributed by atoms with Crippen molar-refractivity contribution in [3.05, 3.63) is 106 Å². The number of nitrogens with one attached hydrogen (secondary N) is 2. The summed E-state index contributed by atoms with van der Waals surface area (Å²) in [6.07, 6.45) is -9.81. The van der Waals surface area contributed by atoms with Crippen LogP contribution in [0.1, 0.15) is 52.6 Å². The average Bonchev–Trinajstić information content (AvgIpc) is 2.97. The largest absolute Gasteiger partial charge is 0.573 e. The molecule has 0 heterocycles. The van der Waals surface area contributed by atoms with Gasteiger partial charge in [0.25, 0.3) is 11.8 Å². The third-order valence-electron chi connectivity index (χ3n) is 6.33. The summed E-state index contributed by atoms with van der Waals surface area (Å²) in [7, 11) is 0. The zero-order valence-corrected chi connectivity index (χ0v) is 23.0. The van der Waals surface area contributed by atoms with Gasteiger partial charge in [-0.3, -0.25) is 9.59 Å². The molecule has 0 atom stereocenters. The molecular formula is C30H20F6N2O8. The molecule has 0 aliphatic carbocycles. The van der Waals surface area contributed by atoms with Crippen LogP contribution in [-0.2, 0) is 13.1 Å². The lowest BCUT2D eigenvalue weighted by atomic mass is 9.90. The molecule has 46 heavy (non-hydrogen) atoms. The number of amides is 2. The van der Waals surface area contributed by atoms with Crippen molar-refractivity contribution in [2.24, 2.45) is 0 Å². The first-order chi connectivity index (χ1) is 21.5. The van der Waals surface area contributed by atoms with E-state index in [1.807, 2.05) is 0 Å². The number of halogens is 6. The third kappa shape index (κ3) is 8.22. The van der Waals surface area contributed by atoms with Gasteiger partial charge in [-0.2, -0.15) is 0 Å². The zero-order valence-electron chi connectivity index (χ0n) is 23.0. The van der Waals surface area contributed by atoms with E-state index in [0.717, 1.165) is 48.5 Å². The van der Waals surface area contributed by atoms with Crippen molar-refractivity contribution in [1.29, 1.82) is 0 Å². The molecule has 0 aliphatic rings. The van der Waals surface area contributed by atoms with Crippen LogP contribution in [0, 0.1) is 0 Å². The standard InChI is InChI=1S/C30H20F6N2O8/c31-29(32,33)45-17-5-1-15(2-6-17)13-37-25(39)19-9-10-20(24-22(28(43)44)12-11-21(23(19)24)27(41)42)26(40)38-14-16-3-7-18(8-4-16)46-30(34,35)36/h1-12H,13-14H2,(H,37,39)(H,38,40)(H,41,42)(H,43,44). The number of carboxylic acid groups (broad SMARTS) is 2. The Bertz CT molecular complexity index is 1670. The Morgan fingerprint density at radius 3 is 1.11 bits per heavy atom. The molecule has 10 nitrogen and oxygen atoms in total. The number of aromatic carboxylic acids is 2. The van der Waals surface area contributed by atoms with Crippen LogP contribution in [0.5, 0.6) is 11.5 Å². The highest BCUT2D eigenvalue weighted by molar-refractivity contribution is 6.23. The number of ether oxygens (including phenoxy) is 2. The van der Waals surface area contributed by atoms with Gasteiger partial charge in [-0.1, -0.05) is 24.3 Å². The van der Waals surface area contributed by atoms with Crippen molar-refractivity contribution in [3.8, 4) is 11.5 Å². The van der Waals surface area contributed by atoms with Crippen LogP contribution in [-0.4, -0.2) is 46.7 Å². The number of alkyl halides is 6. The van der Waals surface area contributed by atoms with Crippen LogP contribution in [0.2, 0.25) is 0 Å². The fourth-order valence-corrected chi connectivity index (χ4v) is 4.40. The molecule has 0 bridgehead atoms. The molecule has 0 saturated carbocycles. The summed E-state index contributed by atoms with van der Waals surface area (Å²) in [5.41, 5.74) is -0.965. The Morgan fingerprint density at radius 1 is 0.522 bits per heavy atom. The number of hydrogen-bond donors (Lipinski definition) is 4. The maximum atomic E-state index is 13.2. The fourth-order valence-electron chi connectivity index (χ4n) is 4.40. The van der Waals surface area contributed by atoms with Crippen LogP contribution in [0.25, 0.3) is 10.8 Å². The SMILES string of the molecule is O=C(O)c1ccc(C(=O)O)c2c(C(=O)NCc3ccc(OC(F)(F)F)cc3)ccc(C(=O)NCc3ccc(OC(F)(F)F)cc3)c12. The molecule has 240 valence electrons. The van der Waals surface area contributed by atoms with E-state index in [1.54, 1.807) is 0 Å². The van der Waals surface area contributed by atoms with E-state index in [1.165, 1.54) is 24.3 Å². The molecule has 2 amide bonds. The number of carbonyl (C=O) groups excluding carboxylic acids is 2. The van der Waals surface area contributed by atoms with Gasteiger partial charge in [-0.15, -0.1) is 26.3 Å². The van der Waals surface area contributed by atoms with E-state index in [4.69, 9.17) is 0 Å². The van der Waals surface area contributed by atoms with E-state index in [0.29, 0.717) is 11.1 Å². The molecular weight excluding hydrogens is 630 g/mol. The van der Waals surface area contributed by atoms with Gasteiger partial charge in [0.1, 0.15) is 11.5 Å². The van der Waals surface area contributed by atoms with E-state index < -0.39 is 59.1 Å². The second-order valence-corrected chi connectivity index (χ2v) is 9.43. The minimum Gasteiger partial charge on any atom is -0.478 e. The highest BCUT2D eigenvalue weighted by Crippen LogP contribution is 2.31. The molecule has 4 rings (SSSR count). The van der Waals surface area contributed by atoms with Crippen molar-refractivity contribution < 1.29 is 65.2 Å². The fraction of sp³-hybridized carbons (Fsp3) is 0.133. The topological polar surface area (TPSA) is 151 Å². The number of benzene rings is 4. The van der Waals surface area contributed by atoms with Crippen LogP contribution < -0.4 is 20.1 Å². The smallest absolute Gasteiger partial charge is 0.478 e. The van der Waals surface area contributed by atoms with E-state index in [9.17, 15) is 55.7 Å². The molecule has 4 aromatic carbocycles. The number of carboxylic acids is 2. The zero-order chi connectivity index (χ0) is 33.8. The first-order valence-electron chi connectivity index (χ1n) is 12.8. The molecule has 4 N–H and O–H groups in total. The van der Waals surface area contributed by atoms with Crippen molar-refractivity contribution in [3.63, 3.8) is 0 Å². The van der Waals surface area contributed by atoms with Crippen LogP contribution in [0.3, 0.4) is 0 Å². The Morgan fingerprint density at radius 2 is 0.826 bits per heavy atom. The summed E-state index contributed by atoms with van der Waals surface area (Å²) in [5, 5.41) is 23.9. The Kier molecular flexibility index (Phi) is 9.39. The van der Waals surface area contributed by atoms with Crippen molar-refractivity contribution in [1.82, 2.24) is 10.6 Å². The summed E-state index contributed by atoms with van der Waals surface area (Å²) in [5.74, 6) is -5.87. The second kappa shape index (κ2) is 13.1. The predicted octanol–water partition coefficient (Wildman–Crippen LogP) is 5.89. The minimum absolute atomic E-state index is 0.233. The van der Waals surface area contributed by atoms with E-state index in [2.05, 4.69) is 20.1 Å². The van der Waals surface area contributed by atoms with Gasteiger partial charge >= 0.3 is 24.7 Å². The van der Waals surface area contributed by atoms with Crippen molar-refractivity contribution in [2.45, 2.75) is 25.8 Å². The average molecular weight is 650 g/mol. The van der Waals surface area contributed by atoms with Crippen LogP contribution in [0.15, 0.2) is 72.8 Å². The lowest BCUT2D eigenvalue weighted by Gasteiger charge is -2.16. The van der Waals surface area contributed by atoms with Gasteiger partial charge < -0.3 is 30.3 Å². The highest BCUT2D eigenvalue weighted by Gasteiger charge is 2.32.